The van der Waals surface area contributed by atoms with Crippen LogP contribution < -0.4 is 10.6 Å². The zero-order valence-corrected chi connectivity index (χ0v) is 11.7. The third-order valence-electron chi connectivity index (χ3n) is 3.36. The monoisotopic (exact) mass is 283 g/mol. The van der Waals surface area contributed by atoms with E-state index in [1.807, 2.05) is 0 Å². The molecule has 0 saturated carbocycles. The lowest BCUT2D eigenvalue weighted by Gasteiger charge is -2.16. The molecule has 1 atom stereocenters. The molecule has 2 aliphatic heterocycles. The van der Waals surface area contributed by atoms with E-state index in [4.69, 9.17) is 0 Å². The molecule has 4 nitrogen and oxygen atoms in total. The van der Waals surface area contributed by atoms with Gasteiger partial charge in [-0.1, -0.05) is 0 Å². The third-order valence-corrected chi connectivity index (χ3v) is 3.36. The number of halogens is 2. The van der Waals surface area contributed by atoms with E-state index in [0.717, 1.165) is 32.6 Å². The number of hydrogen-bond acceptors (Lipinski definition) is 3. The summed E-state index contributed by atoms with van der Waals surface area (Å²) in [5.41, 5.74) is 0. The van der Waals surface area contributed by atoms with Gasteiger partial charge in [0.05, 0.1) is 5.92 Å². The average molecular weight is 284 g/mol. The second-order valence-electron chi connectivity index (χ2n) is 4.53. The summed E-state index contributed by atoms with van der Waals surface area (Å²) in [6.07, 6.45) is 3.64. The molecule has 2 aliphatic rings. The third kappa shape index (κ3) is 5.42. The van der Waals surface area contributed by atoms with Crippen molar-refractivity contribution in [2.45, 2.75) is 19.3 Å². The highest BCUT2D eigenvalue weighted by molar-refractivity contribution is 5.85. The average Bonchev–Trinajstić information content (AvgIpc) is 2.90. The minimum atomic E-state index is 0. The van der Waals surface area contributed by atoms with Gasteiger partial charge in [0, 0.05) is 19.6 Å². The molecule has 0 spiro atoms. The number of rotatable bonds is 4. The topological polar surface area (TPSA) is 44.4 Å². The number of carbonyl (C=O) groups excluding carboxylic acids is 1. The van der Waals surface area contributed by atoms with E-state index in [1.54, 1.807) is 0 Å². The Morgan fingerprint density at radius 1 is 1.29 bits per heavy atom. The van der Waals surface area contributed by atoms with Crippen molar-refractivity contribution in [2.75, 3.05) is 39.3 Å². The summed E-state index contributed by atoms with van der Waals surface area (Å²) < 4.78 is 0. The number of nitrogens with zero attached hydrogens (tertiary/aromatic N) is 1. The molecule has 2 heterocycles. The molecule has 1 amide bonds. The van der Waals surface area contributed by atoms with E-state index in [2.05, 4.69) is 15.5 Å². The fraction of sp³-hybridized carbons (Fsp3) is 0.909. The lowest BCUT2D eigenvalue weighted by atomic mass is 10.1. The molecule has 2 N–H and O–H groups in total. The van der Waals surface area contributed by atoms with Crippen LogP contribution in [-0.4, -0.2) is 50.1 Å². The molecule has 0 radical (unpaired) electrons. The van der Waals surface area contributed by atoms with Crippen molar-refractivity contribution < 1.29 is 4.79 Å². The van der Waals surface area contributed by atoms with Crippen molar-refractivity contribution in [2.24, 2.45) is 5.92 Å². The molecule has 2 fully saturated rings. The van der Waals surface area contributed by atoms with Crippen LogP contribution in [0.5, 0.6) is 0 Å². The second-order valence-corrected chi connectivity index (χ2v) is 4.53. The number of hydrogen-bond donors (Lipinski definition) is 2. The number of amides is 1. The van der Waals surface area contributed by atoms with Crippen LogP contribution in [0.4, 0.5) is 0 Å². The van der Waals surface area contributed by atoms with E-state index in [1.165, 1.54) is 25.9 Å². The molecule has 0 aromatic heterocycles. The second kappa shape index (κ2) is 8.97. The molecule has 2 rings (SSSR count). The largest absolute Gasteiger partial charge is 0.355 e. The zero-order chi connectivity index (χ0) is 10.5. The summed E-state index contributed by atoms with van der Waals surface area (Å²) in [4.78, 5) is 14.1. The lowest BCUT2D eigenvalue weighted by Crippen LogP contribution is -2.37. The van der Waals surface area contributed by atoms with Gasteiger partial charge < -0.3 is 15.5 Å². The molecule has 6 heteroatoms. The summed E-state index contributed by atoms with van der Waals surface area (Å²) in [6.45, 7) is 6.10. The Bertz CT molecular complexity index is 217. The Kier molecular flexibility index (Phi) is 8.96. The van der Waals surface area contributed by atoms with E-state index in [-0.39, 0.29) is 36.6 Å². The highest BCUT2D eigenvalue weighted by atomic mass is 35.5. The first-order valence-corrected chi connectivity index (χ1v) is 6.07. The van der Waals surface area contributed by atoms with Gasteiger partial charge in [0.1, 0.15) is 0 Å². The van der Waals surface area contributed by atoms with Gasteiger partial charge >= 0.3 is 0 Å². The molecular weight excluding hydrogens is 261 g/mol. The fourth-order valence-electron chi connectivity index (χ4n) is 2.37. The maximum Gasteiger partial charge on any atom is 0.224 e. The molecule has 1 unspecified atom stereocenters. The Morgan fingerprint density at radius 2 is 2.00 bits per heavy atom. The predicted octanol–water partition coefficient (Wildman–Crippen LogP) is 0.651. The van der Waals surface area contributed by atoms with E-state index in [0.29, 0.717) is 0 Å². The minimum Gasteiger partial charge on any atom is -0.355 e. The van der Waals surface area contributed by atoms with Crippen LogP contribution in [0.25, 0.3) is 0 Å². The number of likely N-dealkylation sites (tertiary alicyclic amines) is 1. The smallest absolute Gasteiger partial charge is 0.224 e. The van der Waals surface area contributed by atoms with Crippen molar-refractivity contribution >= 4 is 30.7 Å². The SMILES string of the molecule is Cl.Cl.O=C(NCCN1CCCC1)C1CCNC1. The molecule has 2 saturated heterocycles. The highest BCUT2D eigenvalue weighted by Crippen LogP contribution is 2.07. The van der Waals surface area contributed by atoms with E-state index >= 15 is 0 Å². The molecule has 0 aliphatic carbocycles. The van der Waals surface area contributed by atoms with Crippen molar-refractivity contribution in [1.82, 2.24) is 15.5 Å². The van der Waals surface area contributed by atoms with Gasteiger partial charge in [-0.15, -0.1) is 24.8 Å². The van der Waals surface area contributed by atoms with Gasteiger partial charge in [-0.05, 0) is 38.9 Å². The lowest BCUT2D eigenvalue weighted by molar-refractivity contribution is -0.124. The normalized spacial score (nSPS) is 23.9. The Labute approximate surface area is 116 Å². The predicted molar refractivity (Wildman–Crippen MR) is 74.2 cm³/mol. The summed E-state index contributed by atoms with van der Waals surface area (Å²) in [7, 11) is 0. The summed E-state index contributed by atoms with van der Waals surface area (Å²) in [5, 5.41) is 6.24. The Hall–Kier alpha value is -0.0300. The molecule has 102 valence electrons. The Balaban J connectivity index is 0.00000128. The zero-order valence-electron chi connectivity index (χ0n) is 10.1. The fourth-order valence-corrected chi connectivity index (χ4v) is 2.37. The van der Waals surface area contributed by atoms with Gasteiger partial charge in [-0.2, -0.15) is 0 Å². The van der Waals surface area contributed by atoms with Crippen LogP contribution in [0, 0.1) is 5.92 Å². The molecule has 0 aromatic carbocycles. The Morgan fingerprint density at radius 3 is 2.59 bits per heavy atom. The van der Waals surface area contributed by atoms with Crippen molar-refractivity contribution in [3.63, 3.8) is 0 Å². The van der Waals surface area contributed by atoms with Crippen LogP contribution in [0.2, 0.25) is 0 Å². The first kappa shape index (κ1) is 17.0. The van der Waals surface area contributed by atoms with Gasteiger partial charge in [-0.25, -0.2) is 0 Å². The van der Waals surface area contributed by atoms with Gasteiger partial charge in [0.25, 0.3) is 0 Å². The summed E-state index contributed by atoms with van der Waals surface area (Å²) in [6, 6.07) is 0. The van der Waals surface area contributed by atoms with Crippen LogP contribution in [-0.2, 0) is 4.79 Å². The van der Waals surface area contributed by atoms with E-state index in [9.17, 15) is 4.79 Å². The van der Waals surface area contributed by atoms with Crippen LogP contribution in [0.15, 0.2) is 0 Å². The maximum absolute atomic E-state index is 11.6. The maximum atomic E-state index is 11.6. The van der Waals surface area contributed by atoms with Crippen molar-refractivity contribution in [1.29, 1.82) is 0 Å². The molecule has 0 aromatic rings. The minimum absolute atomic E-state index is 0. The van der Waals surface area contributed by atoms with Crippen LogP contribution >= 0.6 is 24.8 Å². The first-order chi connectivity index (χ1) is 7.36. The summed E-state index contributed by atoms with van der Waals surface area (Å²) >= 11 is 0. The van der Waals surface area contributed by atoms with Gasteiger partial charge in [0.2, 0.25) is 5.91 Å². The summed E-state index contributed by atoms with van der Waals surface area (Å²) in [5.74, 6) is 0.447. The molecular formula is C11H23Cl2N3O. The quantitative estimate of drug-likeness (QED) is 0.797. The van der Waals surface area contributed by atoms with Crippen LogP contribution in [0.1, 0.15) is 19.3 Å². The van der Waals surface area contributed by atoms with Crippen molar-refractivity contribution in [3.8, 4) is 0 Å². The first-order valence-electron chi connectivity index (χ1n) is 6.07. The van der Waals surface area contributed by atoms with Gasteiger partial charge in [0.15, 0.2) is 0 Å². The molecule has 0 bridgehead atoms. The number of carbonyl (C=O) groups is 1. The van der Waals surface area contributed by atoms with Crippen molar-refractivity contribution in [3.05, 3.63) is 0 Å². The standard InChI is InChI=1S/C11H21N3O.2ClH/c15-11(10-3-4-12-9-10)13-5-8-14-6-1-2-7-14;;/h10,12H,1-9H2,(H,13,15);2*1H. The molecule has 17 heavy (non-hydrogen) atoms. The van der Waals surface area contributed by atoms with Gasteiger partial charge in [-0.3, -0.25) is 4.79 Å². The van der Waals surface area contributed by atoms with E-state index < -0.39 is 0 Å². The van der Waals surface area contributed by atoms with Crippen LogP contribution in [0.3, 0.4) is 0 Å². The number of nitrogens with one attached hydrogen (secondary N) is 2. The highest BCUT2D eigenvalue weighted by Gasteiger charge is 2.22.